The Morgan fingerprint density at radius 3 is 2.73 bits per heavy atom. The van der Waals surface area contributed by atoms with Crippen LogP contribution in [-0.4, -0.2) is 50.0 Å². The SMILES string of the molecule is COC(=O)[C@H](C(C)c1c(F)ccc(C)c1C)N1CCOc2cc(Cl)ncc2S1(=O)=O. The molecule has 0 fully saturated rings. The molecule has 0 saturated carbocycles. The molecule has 0 bridgehead atoms. The fourth-order valence-corrected chi connectivity index (χ4v) is 5.54. The predicted octanol–water partition coefficient (Wildman–Crippen LogP) is 3.22. The zero-order chi connectivity index (χ0) is 22.2. The highest BCUT2D eigenvalue weighted by atomic mass is 35.5. The van der Waals surface area contributed by atoms with Gasteiger partial charge in [-0.05, 0) is 36.6 Å². The summed E-state index contributed by atoms with van der Waals surface area (Å²) in [5.74, 6) is -2.09. The van der Waals surface area contributed by atoms with E-state index in [0.29, 0.717) is 5.56 Å². The zero-order valence-electron chi connectivity index (χ0n) is 17.0. The van der Waals surface area contributed by atoms with Crippen molar-refractivity contribution in [3.63, 3.8) is 0 Å². The van der Waals surface area contributed by atoms with Crippen molar-refractivity contribution in [3.05, 3.63) is 52.1 Å². The number of hydrogen-bond donors (Lipinski definition) is 0. The molecular formula is C20H22ClFN2O5S. The summed E-state index contributed by atoms with van der Waals surface area (Å²) < 4.78 is 53.1. The zero-order valence-corrected chi connectivity index (χ0v) is 18.6. The Bertz CT molecular complexity index is 1090. The van der Waals surface area contributed by atoms with E-state index < -0.39 is 33.8 Å². The number of aryl methyl sites for hydroxylation is 1. The molecule has 0 spiro atoms. The van der Waals surface area contributed by atoms with Gasteiger partial charge in [-0.15, -0.1) is 0 Å². The molecule has 1 aliphatic heterocycles. The van der Waals surface area contributed by atoms with Crippen molar-refractivity contribution in [2.75, 3.05) is 20.3 Å². The highest BCUT2D eigenvalue weighted by Crippen LogP contribution is 2.36. The molecule has 30 heavy (non-hydrogen) atoms. The van der Waals surface area contributed by atoms with Crippen molar-refractivity contribution >= 4 is 27.6 Å². The number of methoxy groups -OCH3 is 1. The van der Waals surface area contributed by atoms with Crippen LogP contribution in [0.2, 0.25) is 5.15 Å². The van der Waals surface area contributed by atoms with Gasteiger partial charge in [0, 0.05) is 18.5 Å². The maximum atomic E-state index is 14.8. The molecule has 3 rings (SSSR count). The van der Waals surface area contributed by atoms with E-state index in [0.717, 1.165) is 23.2 Å². The van der Waals surface area contributed by atoms with Crippen molar-refractivity contribution in [2.24, 2.45) is 0 Å². The normalized spacial score (nSPS) is 17.9. The quantitative estimate of drug-likeness (QED) is 0.518. The average molecular weight is 457 g/mol. The standard InChI is InChI=1S/C20H22ClFN2O5S/c1-11-5-6-14(22)18(12(11)2)13(3)19(20(25)28-4)24-7-8-29-15-9-17(21)23-10-16(15)30(24,26)27/h5-6,9-10,13,19H,7-8H2,1-4H3/t13?,19-/m0/s1. The molecule has 0 saturated heterocycles. The Morgan fingerprint density at radius 2 is 2.07 bits per heavy atom. The van der Waals surface area contributed by atoms with Crippen LogP contribution in [0.15, 0.2) is 29.3 Å². The van der Waals surface area contributed by atoms with E-state index in [9.17, 15) is 17.6 Å². The minimum Gasteiger partial charge on any atom is -0.491 e. The third kappa shape index (κ3) is 3.89. The van der Waals surface area contributed by atoms with Gasteiger partial charge in [-0.25, -0.2) is 17.8 Å². The molecule has 162 valence electrons. The molecule has 2 aromatic rings. The van der Waals surface area contributed by atoms with Gasteiger partial charge in [0.05, 0.1) is 13.3 Å². The second-order valence-corrected chi connectivity index (χ2v) is 9.32. The Labute approximate surface area is 179 Å². The second kappa shape index (κ2) is 8.49. The smallest absolute Gasteiger partial charge is 0.324 e. The molecule has 1 aromatic carbocycles. The summed E-state index contributed by atoms with van der Waals surface area (Å²) >= 11 is 5.86. The number of rotatable bonds is 4. The summed E-state index contributed by atoms with van der Waals surface area (Å²) in [6.07, 6.45) is 1.09. The summed E-state index contributed by atoms with van der Waals surface area (Å²) in [6, 6.07) is 2.94. The van der Waals surface area contributed by atoms with E-state index >= 15 is 0 Å². The van der Waals surface area contributed by atoms with Crippen LogP contribution in [0.25, 0.3) is 0 Å². The second-order valence-electron chi connectivity index (χ2n) is 7.08. The Kier molecular flexibility index (Phi) is 6.35. The molecule has 7 nitrogen and oxygen atoms in total. The van der Waals surface area contributed by atoms with Crippen LogP contribution in [0.5, 0.6) is 5.75 Å². The van der Waals surface area contributed by atoms with Gasteiger partial charge >= 0.3 is 5.97 Å². The lowest BCUT2D eigenvalue weighted by Crippen LogP contribution is -2.49. The lowest BCUT2D eigenvalue weighted by atomic mass is 9.87. The molecule has 1 aromatic heterocycles. The number of halogens is 2. The predicted molar refractivity (Wildman–Crippen MR) is 109 cm³/mol. The molecule has 0 amide bonds. The monoisotopic (exact) mass is 456 g/mol. The summed E-state index contributed by atoms with van der Waals surface area (Å²) in [6.45, 7) is 5.00. The number of aromatic nitrogens is 1. The maximum absolute atomic E-state index is 14.8. The van der Waals surface area contributed by atoms with Crippen LogP contribution in [0.3, 0.4) is 0 Å². The number of ether oxygens (including phenoxy) is 2. The van der Waals surface area contributed by atoms with E-state index in [-0.39, 0.29) is 34.5 Å². The first kappa shape index (κ1) is 22.5. The highest BCUT2D eigenvalue weighted by molar-refractivity contribution is 7.89. The van der Waals surface area contributed by atoms with Gasteiger partial charge in [-0.3, -0.25) is 4.79 Å². The van der Waals surface area contributed by atoms with E-state index in [1.807, 2.05) is 6.92 Å². The van der Waals surface area contributed by atoms with Gasteiger partial charge in [-0.1, -0.05) is 24.6 Å². The molecule has 2 heterocycles. The van der Waals surface area contributed by atoms with Gasteiger partial charge in [-0.2, -0.15) is 4.31 Å². The van der Waals surface area contributed by atoms with Crippen molar-refractivity contribution in [1.82, 2.24) is 9.29 Å². The summed E-state index contributed by atoms with van der Waals surface area (Å²) in [5, 5.41) is 0.0766. The fraction of sp³-hybridized carbons (Fsp3) is 0.400. The molecule has 1 unspecified atom stereocenters. The van der Waals surface area contributed by atoms with Gasteiger partial charge in [0.25, 0.3) is 0 Å². The van der Waals surface area contributed by atoms with Crippen LogP contribution < -0.4 is 4.74 Å². The number of carbonyl (C=O) groups excluding carboxylic acids is 1. The summed E-state index contributed by atoms with van der Waals surface area (Å²) in [7, 11) is -3.05. The van der Waals surface area contributed by atoms with E-state index in [1.54, 1.807) is 19.9 Å². The highest BCUT2D eigenvalue weighted by Gasteiger charge is 2.44. The number of benzene rings is 1. The molecule has 10 heteroatoms. The molecule has 0 aliphatic carbocycles. The number of pyridine rings is 1. The minimum absolute atomic E-state index is 0.0257. The van der Waals surface area contributed by atoms with Crippen LogP contribution >= 0.6 is 11.6 Å². The Morgan fingerprint density at radius 1 is 1.37 bits per heavy atom. The Hall–Kier alpha value is -2.23. The van der Waals surface area contributed by atoms with E-state index in [2.05, 4.69) is 4.98 Å². The Balaban J connectivity index is 2.16. The topological polar surface area (TPSA) is 85.8 Å². The van der Waals surface area contributed by atoms with Gasteiger partial charge in [0.1, 0.15) is 34.3 Å². The van der Waals surface area contributed by atoms with Crippen molar-refractivity contribution in [2.45, 2.75) is 37.6 Å². The van der Waals surface area contributed by atoms with Gasteiger partial charge in [0.15, 0.2) is 0 Å². The third-order valence-corrected chi connectivity index (χ3v) is 7.46. The van der Waals surface area contributed by atoms with Crippen molar-refractivity contribution < 1.29 is 27.1 Å². The van der Waals surface area contributed by atoms with E-state index in [4.69, 9.17) is 21.1 Å². The number of fused-ring (bicyclic) bond motifs is 1. The number of carbonyl (C=O) groups is 1. The first-order chi connectivity index (χ1) is 14.1. The molecule has 1 aliphatic rings. The lowest BCUT2D eigenvalue weighted by Gasteiger charge is -2.32. The largest absolute Gasteiger partial charge is 0.491 e. The van der Waals surface area contributed by atoms with Crippen LogP contribution in [-0.2, 0) is 19.6 Å². The van der Waals surface area contributed by atoms with Crippen LogP contribution in [0.1, 0.15) is 29.5 Å². The number of nitrogens with zero attached hydrogens (tertiary/aromatic N) is 2. The first-order valence-corrected chi connectivity index (χ1v) is 11.0. The van der Waals surface area contributed by atoms with Gasteiger partial charge < -0.3 is 9.47 Å². The van der Waals surface area contributed by atoms with Crippen LogP contribution in [0.4, 0.5) is 4.39 Å². The third-order valence-electron chi connectivity index (χ3n) is 5.37. The van der Waals surface area contributed by atoms with Gasteiger partial charge in [0.2, 0.25) is 10.0 Å². The first-order valence-electron chi connectivity index (χ1n) is 9.23. The molecule has 0 radical (unpaired) electrons. The molecule has 2 atom stereocenters. The maximum Gasteiger partial charge on any atom is 0.324 e. The number of sulfonamides is 1. The average Bonchev–Trinajstić information content (AvgIpc) is 2.81. The lowest BCUT2D eigenvalue weighted by molar-refractivity contribution is -0.145. The van der Waals surface area contributed by atoms with E-state index in [1.165, 1.54) is 12.1 Å². The fourth-order valence-electron chi connectivity index (χ4n) is 3.70. The number of hydrogen-bond acceptors (Lipinski definition) is 6. The molecular weight excluding hydrogens is 435 g/mol. The van der Waals surface area contributed by atoms with Crippen molar-refractivity contribution in [1.29, 1.82) is 0 Å². The minimum atomic E-state index is -4.22. The van der Waals surface area contributed by atoms with Crippen molar-refractivity contribution in [3.8, 4) is 5.75 Å². The molecule has 0 N–H and O–H groups in total. The summed E-state index contributed by atoms with van der Waals surface area (Å²) in [5.41, 5.74) is 1.74. The summed E-state index contributed by atoms with van der Waals surface area (Å²) in [4.78, 5) is 16.4. The van der Waals surface area contributed by atoms with Crippen LogP contribution in [0, 0.1) is 19.7 Å². The number of esters is 1.